The van der Waals surface area contributed by atoms with Crippen LogP contribution in [0.3, 0.4) is 0 Å². The maximum absolute atomic E-state index is 4.69. The summed E-state index contributed by atoms with van der Waals surface area (Å²) in [5, 5.41) is 7.96. The minimum absolute atomic E-state index is 0. The van der Waals surface area contributed by atoms with Crippen molar-refractivity contribution < 1.29 is 0 Å². The van der Waals surface area contributed by atoms with Crippen LogP contribution in [0.15, 0.2) is 39.9 Å². The summed E-state index contributed by atoms with van der Waals surface area (Å²) in [6, 6.07) is 9.08. The van der Waals surface area contributed by atoms with Crippen LogP contribution in [0.4, 0.5) is 0 Å². The van der Waals surface area contributed by atoms with Crippen LogP contribution in [-0.2, 0) is 13.0 Å². The van der Waals surface area contributed by atoms with Gasteiger partial charge in [-0.15, -0.1) is 35.3 Å². The van der Waals surface area contributed by atoms with Gasteiger partial charge in [-0.3, -0.25) is 0 Å². The van der Waals surface area contributed by atoms with Crippen molar-refractivity contribution in [2.24, 2.45) is 4.99 Å². The standard InChI is InChI=1S/C18H23BrN4S.HI/c1-3-14-10-21-17(24-14)11-22-18(20-4-2)23-16-9-15(16)12-5-7-13(19)8-6-12;/h5-8,10,15-16H,3-4,9,11H2,1-2H3,(H2,20,22,23);1H. The predicted octanol–water partition coefficient (Wildman–Crippen LogP) is 4.70. The van der Waals surface area contributed by atoms with Crippen LogP contribution in [0.1, 0.15) is 41.6 Å². The van der Waals surface area contributed by atoms with Gasteiger partial charge >= 0.3 is 0 Å². The van der Waals surface area contributed by atoms with Gasteiger partial charge in [0.05, 0.1) is 6.54 Å². The number of guanidine groups is 1. The zero-order valence-corrected chi connectivity index (χ0v) is 19.2. The van der Waals surface area contributed by atoms with Crippen molar-refractivity contribution in [2.75, 3.05) is 6.54 Å². The fourth-order valence-corrected chi connectivity index (χ4v) is 3.71. The van der Waals surface area contributed by atoms with E-state index < -0.39 is 0 Å². The number of aliphatic imine (C=N–C) groups is 1. The van der Waals surface area contributed by atoms with E-state index >= 15 is 0 Å². The van der Waals surface area contributed by atoms with E-state index in [0.717, 1.165) is 34.8 Å². The molecule has 1 fully saturated rings. The molecule has 25 heavy (non-hydrogen) atoms. The molecule has 1 saturated carbocycles. The third kappa shape index (κ3) is 5.92. The summed E-state index contributed by atoms with van der Waals surface area (Å²) in [7, 11) is 0. The molecule has 1 aliphatic carbocycles. The Morgan fingerprint density at radius 3 is 2.72 bits per heavy atom. The summed E-state index contributed by atoms with van der Waals surface area (Å²) in [4.78, 5) is 10.4. The van der Waals surface area contributed by atoms with Crippen molar-refractivity contribution in [2.45, 2.75) is 45.2 Å². The Balaban J connectivity index is 0.00000225. The second-order valence-corrected chi connectivity index (χ2v) is 8.03. The van der Waals surface area contributed by atoms with E-state index in [-0.39, 0.29) is 24.0 Å². The first-order valence-corrected chi connectivity index (χ1v) is 10.0. The molecule has 0 radical (unpaired) electrons. The molecule has 0 bridgehead atoms. The van der Waals surface area contributed by atoms with Gasteiger partial charge in [-0.05, 0) is 37.5 Å². The van der Waals surface area contributed by atoms with Crippen molar-refractivity contribution in [3.8, 4) is 0 Å². The van der Waals surface area contributed by atoms with Crippen LogP contribution in [0.25, 0.3) is 0 Å². The van der Waals surface area contributed by atoms with Gasteiger partial charge in [-0.25, -0.2) is 9.98 Å². The van der Waals surface area contributed by atoms with Crippen LogP contribution in [0.2, 0.25) is 0 Å². The van der Waals surface area contributed by atoms with E-state index in [1.807, 2.05) is 6.20 Å². The highest BCUT2D eigenvalue weighted by Crippen LogP contribution is 2.41. The topological polar surface area (TPSA) is 49.3 Å². The average Bonchev–Trinajstić information content (AvgIpc) is 3.19. The smallest absolute Gasteiger partial charge is 0.191 e. The zero-order valence-electron chi connectivity index (χ0n) is 14.5. The van der Waals surface area contributed by atoms with Gasteiger partial charge in [-0.1, -0.05) is 35.0 Å². The summed E-state index contributed by atoms with van der Waals surface area (Å²) in [6.45, 7) is 5.74. The number of nitrogens with zero attached hydrogens (tertiary/aromatic N) is 2. The Morgan fingerprint density at radius 2 is 2.08 bits per heavy atom. The molecule has 1 aromatic heterocycles. The molecule has 136 valence electrons. The number of thiazole rings is 1. The summed E-state index contributed by atoms with van der Waals surface area (Å²) in [6.07, 6.45) is 4.15. The molecule has 0 spiro atoms. The van der Waals surface area contributed by atoms with Gasteiger partial charge in [0, 0.05) is 34.1 Å². The fourth-order valence-electron chi connectivity index (χ4n) is 2.66. The number of rotatable bonds is 6. The van der Waals surface area contributed by atoms with E-state index in [1.165, 1.54) is 10.4 Å². The molecule has 1 aromatic carbocycles. The van der Waals surface area contributed by atoms with Crippen LogP contribution in [-0.4, -0.2) is 23.5 Å². The lowest BCUT2D eigenvalue weighted by Crippen LogP contribution is -2.39. The van der Waals surface area contributed by atoms with Crippen molar-refractivity contribution in [3.63, 3.8) is 0 Å². The van der Waals surface area contributed by atoms with Gasteiger partial charge in [0.15, 0.2) is 5.96 Å². The zero-order chi connectivity index (χ0) is 16.9. The van der Waals surface area contributed by atoms with Crippen LogP contribution in [0, 0.1) is 0 Å². The van der Waals surface area contributed by atoms with E-state index in [0.29, 0.717) is 18.5 Å². The van der Waals surface area contributed by atoms with E-state index in [4.69, 9.17) is 0 Å². The number of benzene rings is 1. The molecule has 2 aromatic rings. The van der Waals surface area contributed by atoms with E-state index in [9.17, 15) is 0 Å². The highest BCUT2D eigenvalue weighted by atomic mass is 127. The molecule has 3 rings (SSSR count). The van der Waals surface area contributed by atoms with Gasteiger partial charge in [0.2, 0.25) is 0 Å². The lowest BCUT2D eigenvalue weighted by Gasteiger charge is -2.11. The quantitative estimate of drug-likeness (QED) is 0.321. The second kappa shape index (κ2) is 9.87. The molecular formula is C18H24BrIN4S. The van der Waals surface area contributed by atoms with Gasteiger partial charge in [-0.2, -0.15) is 0 Å². The maximum Gasteiger partial charge on any atom is 0.191 e. The Morgan fingerprint density at radius 1 is 1.32 bits per heavy atom. The number of aromatic nitrogens is 1. The lowest BCUT2D eigenvalue weighted by molar-refractivity contribution is 0.794. The molecule has 4 nitrogen and oxygen atoms in total. The molecule has 2 atom stereocenters. The Labute approximate surface area is 179 Å². The minimum atomic E-state index is 0. The first kappa shape index (κ1) is 20.6. The monoisotopic (exact) mass is 534 g/mol. The Bertz CT molecular complexity index is 701. The van der Waals surface area contributed by atoms with Gasteiger partial charge in [0.25, 0.3) is 0 Å². The molecule has 1 heterocycles. The van der Waals surface area contributed by atoms with Crippen LogP contribution < -0.4 is 10.6 Å². The third-order valence-corrected chi connectivity index (χ3v) is 5.73. The van der Waals surface area contributed by atoms with Crippen LogP contribution >= 0.6 is 51.2 Å². The number of hydrogen-bond acceptors (Lipinski definition) is 3. The van der Waals surface area contributed by atoms with Crippen molar-refractivity contribution in [1.29, 1.82) is 0 Å². The number of halogens is 2. The Hall–Kier alpha value is -0.670. The van der Waals surface area contributed by atoms with Crippen molar-refractivity contribution in [1.82, 2.24) is 15.6 Å². The number of aryl methyl sites for hydroxylation is 1. The SMILES string of the molecule is CCNC(=NCc1ncc(CC)s1)NC1CC1c1ccc(Br)cc1.I. The third-order valence-electron chi connectivity index (χ3n) is 4.08. The number of nitrogens with one attached hydrogen (secondary N) is 2. The van der Waals surface area contributed by atoms with Crippen molar-refractivity contribution >= 4 is 57.2 Å². The second-order valence-electron chi connectivity index (χ2n) is 5.91. The molecular weight excluding hydrogens is 511 g/mol. The van der Waals surface area contributed by atoms with E-state index in [1.54, 1.807) is 11.3 Å². The highest BCUT2D eigenvalue weighted by Gasteiger charge is 2.38. The summed E-state index contributed by atoms with van der Waals surface area (Å²) >= 11 is 5.24. The first-order chi connectivity index (χ1) is 11.7. The summed E-state index contributed by atoms with van der Waals surface area (Å²) < 4.78 is 1.13. The molecule has 1 aliphatic rings. The first-order valence-electron chi connectivity index (χ1n) is 8.43. The van der Waals surface area contributed by atoms with Crippen LogP contribution in [0.5, 0.6) is 0 Å². The molecule has 0 aliphatic heterocycles. The maximum atomic E-state index is 4.69. The molecule has 7 heteroatoms. The summed E-state index contributed by atoms with van der Waals surface area (Å²) in [5.41, 5.74) is 1.39. The number of hydrogen-bond donors (Lipinski definition) is 2. The molecule has 2 unspecified atom stereocenters. The fraction of sp³-hybridized carbons (Fsp3) is 0.444. The largest absolute Gasteiger partial charge is 0.357 e. The molecule has 0 saturated heterocycles. The molecule has 0 amide bonds. The lowest BCUT2D eigenvalue weighted by atomic mass is 10.1. The average molecular weight is 535 g/mol. The normalized spacial score (nSPS) is 19.2. The molecule has 2 N–H and O–H groups in total. The minimum Gasteiger partial charge on any atom is -0.357 e. The van der Waals surface area contributed by atoms with E-state index in [2.05, 4.69) is 74.7 Å². The highest BCUT2D eigenvalue weighted by molar-refractivity contribution is 14.0. The predicted molar refractivity (Wildman–Crippen MR) is 120 cm³/mol. The summed E-state index contributed by atoms with van der Waals surface area (Å²) in [5.74, 6) is 1.46. The van der Waals surface area contributed by atoms with Gasteiger partial charge < -0.3 is 10.6 Å². The van der Waals surface area contributed by atoms with Crippen molar-refractivity contribution in [3.05, 3.63) is 50.4 Å². The Kier molecular flexibility index (Phi) is 8.15. The van der Waals surface area contributed by atoms with Gasteiger partial charge in [0.1, 0.15) is 5.01 Å².